The smallest absolute Gasteiger partial charge is 0.194 e. The maximum absolute atomic E-state index is 12.9. The lowest BCUT2D eigenvalue weighted by molar-refractivity contribution is 0.104. The van der Waals surface area contributed by atoms with Gasteiger partial charge in [-0.3, -0.25) is 4.79 Å². The minimum Gasteiger partial charge on any atom is -0.289 e. The van der Waals surface area contributed by atoms with E-state index in [9.17, 15) is 4.79 Å². The summed E-state index contributed by atoms with van der Waals surface area (Å²) in [6, 6.07) is 18.4. The molecule has 22 heavy (non-hydrogen) atoms. The Kier molecular flexibility index (Phi) is 2.59. The molecule has 108 valence electrons. The van der Waals surface area contributed by atoms with Crippen molar-refractivity contribution in [3.8, 4) is 11.1 Å². The predicted molar refractivity (Wildman–Crippen MR) is 91.5 cm³/mol. The molecule has 1 nitrogen and oxygen atoms in total. The van der Waals surface area contributed by atoms with Crippen LogP contribution in [0.4, 0.5) is 0 Å². The van der Waals surface area contributed by atoms with E-state index in [0.717, 1.165) is 22.1 Å². The lowest BCUT2D eigenvalue weighted by Gasteiger charge is -2.26. The Labute approximate surface area is 130 Å². The molecule has 0 spiro atoms. The summed E-state index contributed by atoms with van der Waals surface area (Å²) in [4.78, 5) is 12.9. The van der Waals surface area contributed by atoms with Gasteiger partial charge in [-0.1, -0.05) is 75.4 Å². The van der Waals surface area contributed by atoms with Crippen molar-refractivity contribution in [1.82, 2.24) is 0 Å². The number of fused-ring (bicyclic) bond motifs is 2. The van der Waals surface area contributed by atoms with Crippen LogP contribution in [-0.4, -0.2) is 5.78 Å². The number of rotatable bonds is 0. The molecule has 0 atom stereocenters. The second-order valence-corrected chi connectivity index (χ2v) is 7.01. The van der Waals surface area contributed by atoms with Gasteiger partial charge in [0.1, 0.15) is 0 Å². The summed E-state index contributed by atoms with van der Waals surface area (Å²) >= 11 is 0. The van der Waals surface area contributed by atoms with Crippen molar-refractivity contribution in [3.05, 3.63) is 71.3 Å². The van der Waals surface area contributed by atoms with Gasteiger partial charge in [0.2, 0.25) is 0 Å². The molecule has 0 amide bonds. The monoisotopic (exact) mass is 286 g/mol. The van der Waals surface area contributed by atoms with Crippen molar-refractivity contribution in [3.63, 3.8) is 0 Å². The molecule has 0 radical (unpaired) electrons. The summed E-state index contributed by atoms with van der Waals surface area (Å²) in [5.74, 6) is 0.139. The topological polar surface area (TPSA) is 17.1 Å². The van der Waals surface area contributed by atoms with Crippen LogP contribution in [0.1, 0.15) is 42.3 Å². The third-order valence-electron chi connectivity index (χ3n) is 4.56. The van der Waals surface area contributed by atoms with Gasteiger partial charge in [-0.05, 0) is 27.5 Å². The normalized spacial score (nSPS) is 13.3. The van der Waals surface area contributed by atoms with Gasteiger partial charge in [0, 0.05) is 16.5 Å². The SMILES string of the molecule is CC(C)(C)c1ccc2c3c(cccc13)-c1ccccc1C2=O. The summed E-state index contributed by atoms with van der Waals surface area (Å²) in [7, 11) is 0. The summed E-state index contributed by atoms with van der Waals surface area (Å²) in [6.45, 7) is 6.65. The Morgan fingerprint density at radius 2 is 1.36 bits per heavy atom. The molecule has 0 bridgehead atoms. The first-order valence-corrected chi connectivity index (χ1v) is 7.69. The van der Waals surface area contributed by atoms with E-state index in [1.807, 2.05) is 24.3 Å². The number of hydrogen-bond donors (Lipinski definition) is 0. The quantitative estimate of drug-likeness (QED) is 0.426. The average molecular weight is 286 g/mol. The van der Waals surface area contributed by atoms with Gasteiger partial charge in [-0.25, -0.2) is 0 Å². The second kappa shape index (κ2) is 4.30. The van der Waals surface area contributed by atoms with E-state index >= 15 is 0 Å². The van der Waals surface area contributed by atoms with Crippen molar-refractivity contribution in [1.29, 1.82) is 0 Å². The van der Waals surface area contributed by atoms with Crippen LogP contribution in [0, 0.1) is 0 Å². The van der Waals surface area contributed by atoms with Crippen molar-refractivity contribution in [2.45, 2.75) is 26.2 Å². The molecular weight excluding hydrogens is 268 g/mol. The molecule has 1 heteroatoms. The minimum atomic E-state index is 0.0527. The number of carbonyl (C=O) groups is 1. The standard InChI is InChI=1S/C21H18O/c1-21(2,3)18-12-11-17-19-14(9-6-10-16(18)19)13-7-4-5-8-15(13)20(17)22/h4-12H,1-3H3. The summed E-state index contributed by atoms with van der Waals surface area (Å²) < 4.78 is 0. The zero-order chi connectivity index (χ0) is 15.5. The number of ketones is 1. The van der Waals surface area contributed by atoms with Gasteiger partial charge < -0.3 is 0 Å². The zero-order valence-corrected chi connectivity index (χ0v) is 13.1. The molecule has 0 saturated carbocycles. The van der Waals surface area contributed by atoms with Crippen LogP contribution in [0.2, 0.25) is 0 Å². The largest absolute Gasteiger partial charge is 0.289 e. The molecule has 1 aliphatic rings. The van der Waals surface area contributed by atoms with Crippen LogP contribution in [0.15, 0.2) is 54.6 Å². The third kappa shape index (κ3) is 1.69. The summed E-state index contributed by atoms with van der Waals surface area (Å²) in [5, 5.41) is 2.31. The lowest BCUT2D eigenvalue weighted by atomic mass is 9.77. The molecule has 0 unspecified atom stereocenters. The number of hydrogen-bond acceptors (Lipinski definition) is 1. The first-order valence-electron chi connectivity index (χ1n) is 7.69. The van der Waals surface area contributed by atoms with E-state index in [-0.39, 0.29) is 11.2 Å². The zero-order valence-electron chi connectivity index (χ0n) is 13.1. The lowest BCUT2D eigenvalue weighted by Crippen LogP contribution is -2.15. The van der Waals surface area contributed by atoms with Gasteiger partial charge in [-0.2, -0.15) is 0 Å². The number of carbonyl (C=O) groups excluding carboxylic acids is 1. The van der Waals surface area contributed by atoms with Crippen molar-refractivity contribution < 1.29 is 4.79 Å². The first-order chi connectivity index (χ1) is 10.5. The van der Waals surface area contributed by atoms with Crippen LogP contribution in [0.3, 0.4) is 0 Å². The Bertz CT molecular complexity index is 926. The Hall–Kier alpha value is -2.41. The van der Waals surface area contributed by atoms with Crippen LogP contribution in [-0.2, 0) is 5.41 Å². The molecule has 1 aliphatic carbocycles. The molecule has 0 saturated heterocycles. The van der Waals surface area contributed by atoms with Crippen molar-refractivity contribution in [2.75, 3.05) is 0 Å². The highest BCUT2D eigenvalue weighted by Crippen LogP contribution is 2.42. The summed E-state index contributed by atoms with van der Waals surface area (Å²) in [6.07, 6.45) is 0. The Balaban J connectivity index is 2.20. The summed E-state index contributed by atoms with van der Waals surface area (Å²) in [5.41, 5.74) is 5.21. The van der Waals surface area contributed by atoms with Gasteiger partial charge in [0.15, 0.2) is 5.78 Å². The minimum absolute atomic E-state index is 0.0527. The predicted octanol–water partition coefficient (Wildman–Crippen LogP) is 5.35. The molecule has 0 heterocycles. The van der Waals surface area contributed by atoms with Gasteiger partial charge in [0.25, 0.3) is 0 Å². The molecule has 3 aromatic carbocycles. The highest BCUT2D eigenvalue weighted by atomic mass is 16.1. The molecule has 4 rings (SSSR count). The third-order valence-corrected chi connectivity index (χ3v) is 4.56. The van der Waals surface area contributed by atoms with Gasteiger partial charge in [0.05, 0.1) is 0 Å². The molecule has 0 aromatic heterocycles. The fraction of sp³-hybridized carbons (Fsp3) is 0.190. The molecule has 0 N–H and O–H groups in total. The molecule has 0 fully saturated rings. The highest BCUT2D eigenvalue weighted by molar-refractivity contribution is 6.26. The van der Waals surface area contributed by atoms with Crippen LogP contribution in [0.25, 0.3) is 21.9 Å². The maximum Gasteiger partial charge on any atom is 0.194 e. The van der Waals surface area contributed by atoms with Crippen molar-refractivity contribution >= 4 is 16.6 Å². The first kappa shape index (κ1) is 13.3. The second-order valence-electron chi connectivity index (χ2n) is 7.01. The Morgan fingerprint density at radius 3 is 2.09 bits per heavy atom. The molecular formula is C21H18O. The number of benzene rings is 3. The van der Waals surface area contributed by atoms with Crippen molar-refractivity contribution in [2.24, 2.45) is 0 Å². The maximum atomic E-state index is 12.9. The van der Waals surface area contributed by atoms with Gasteiger partial charge in [-0.15, -0.1) is 0 Å². The highest BCUT2D eigenvalue weighted by Gasteiger charge is 2.27. The molecule has 3 aromatic rings. The fourth-order valence-corrected chi connectivity index (χ4v) is 3.54. The Morgan fingerprint density at radius 1 is 0.682 bits per heavy atom. The van der Waals surface area contributed by atoms with Crippen LogP contribution in [0.5, 0.6) is 0 Å². The van der Waals surface area contributed by atoms with E-state index < -0.39 is 0 Å². The van der Waals surface area contributed by atoms with E-state index in [2.05, 4.69) is 51.1 Å². The van der Waals surface area contributed by atoms with Crippen LogP contribution >= 0.6 is 0 Å². The van der Waals surface area contributed by atoms with E-state index in [1.54, 1.807) is 0 Å². The fourth-order valence-electron chi connectivity index (χ4n) is 3.54. The van der Waals surface area contributed by atoms with Crippen LogP contribution < -0.4 is 0 Å². The van der Waals surface area contributed by atoms with E-state index in [4.69, 9.17) is 0 Å². The van der Waals surface area contributed by atoms with Gasteiger partial charge >= 0.3 is 0 Å². The molecule has 0 aliphatic heterocycles. The van der Waals surface area contributed by atoms with E-state index in [1.165, 1.54) is 16.5 Å². The average Bonchev–Trinajstić information content (AvgIpc) is 2.51. The van der Waals surface area contributed by atoms with E-state index in [0.29, 0.717) is 0 Å².